The molecule has 1 aromatic carbocycles. The van der Waals surface area contributed by atoms with E-state index in [2.05, 4.69) is 15.3 Å². The van der Waals surface area contributed by atoms with Crippen molar-refractivity contribution >= 4 is 46.5 Å². The van der Waals surface area contributed by atoms with Crippen LogP contribution in [0.2, 0.25) is 0 Å². The minimum absolute atomic E-state index is 0.0144. The van der Waals surface area contributed by atoms with E-state index in [-0.39, 0.29) is 37.2 Å². The largest absolute Gasteiger partial charge is 0.481 e. The Morgan fingerprint density at radius 2 is 1.70 bits per heavy atom. The zero-order chi connectivity index (χ0) is 24.5. The topological polar surface area (TPSA) is 175 Å². The molecule has 1 aliphatic heterocycles. The summed E-state index contributed by atoms with van der Waals surface area (Å²) in [5.74, 6) is -2.42. The lowest BCUT2D eigenvalue weighted by Crippen LogP contribution is -2.41. The first-order valence-corrected chi connectivity index (χ1v) is 11.1. The minimum atomic E-state index is -0.996. The first kappa shape index (κ1) is 25.8. The first-order chi connectivity index (χ1) is 15.6. The Hall–Kier alpha value is -3.41. The van der Waals surface area contributed by atoms with Crippen LogP contribution in [0.5, 0.6) is 0 Å². The number of benzene rings is 1. The Labute approximate surface area is 195 Å². The highest BCUT2D eigenvalue weighted by Gasteiger charge is 2.39. The number of hydrogen-bond donors (Lipinski definition) is 4. The van der Waals surface area contributed by atoms with Crippen LogP contribution in [0.3, 0.4) is 0 Å². The van der Waals surface area contributed by atoms with E-state index in [0.29, 0.717) is 29.3 Å². The highest BCUT2D eigenvalue weighted by atomic mass is 32.2. The van der Waals surface area contributed by atoms with E-state index in [0.717, 1.165) is 11.8 Å². The Morgan fingerprint density at radius 1 is 1.09 bits per heavy atom. The van der Waals surface area contributed by atoms with Crippen LogP contribution in [-0.2, 0) is 14.4 Å². The molecule has 11 nitrogen and oxygen atoms in total. The molecule has 0 spiro atoms. The van der Waals surface area contributed by atoms with Gasteiger partial charge in [-0.2, -0.15) is 4.99 Å². The van der Waals surface area contributed by atoms with E-state index < -0.39 is 23.1 Å². The van der Waals surface area contributed by atoms with E-state index in [1.165, 1.54) is 0 Å². The number of aliphatic imine (C=N–C) groups is 2. The van der Waals surface area contributed by atoms with Crippen LogP contribution in [0, 0.1) is 0 Å². The summed E-state index contributed by atoms with van der Waals surface area (Å²) in [6, 6.07) is 6.18. The molecule has 1 saturated heterocycles. The van der Waals surface area contributed by atoms with Gasteiger partial charge < -0.3 is 26.2 Å². The van der Waals surface area contributed by atoms with Gasteiger partial charge in [0, 0.05) is 43.7 Å². The van der Waals surface area contributed by atoms with Crippen LogP contribution in [0.25, 0.3) is 0 Å². The molecule has 2 rings (SSSR count). The monoisotopic (exact) mass is 477 g/mol. The maximum absolute atomic E-state index is 12.6. The third kappa shape index (κ3) is 7.59. The molecular formula is C21H27N5O6S. The van der Waals surface area contributed by atoms with Gasteiger partial charge in [0.25, 0.3) is 5.91 Å². The number of carbonyl (C=O) groups is 4. The van der Waals surface area contributed by atoms with Gasteiger partial charge in [-0.25, -0.2) is 0 Å². The van der Waals surface area contributed by atoms with Gasteiger partial charge in [-0.05, 0) is 25.5 Å². The second-order valence-corrected chi connectivity index (χ2v) is 8.47. The van der Waals surface area contributed by atoms with Gasteiger partial charge in [-0.3, -0.25) is 24.2 Å². The van der Waals surface area contributed by atoms with Crippen LogP contribution in [0.15, 0.2) is 34.3 Å². The number of hydrogen-bond acceptors (Lipinski definition) is 6. The van der Waals surface area contributed by atoms with Crippen LogP contribution in [0.1, 0.15) is 42.1 Å². The Bertz CT molecular complexity index is 962. The smallest absolute Gasteiger partial charge is 0.305 e. The summed E-state index contributed by atoms with van der Waals surface area (Å²) in [5, 5.41) is 19.8. The number of aliphatic carboxylic acids is 2. The molecule has 1 aromatic rings. The van der Waals surface area contributed by atoms with Crippen molar-refractivity contribution < 1.29 is 29.4 Å². The molecular weight excluding hydrogens is 450 g/mol. The lowest BCUT2D eigenvalue weighted by molar-refractivity contribution is -0.138. The lowest BCUT2D eigenvalue weighted by atomic mass is 10.1. The average molecular weight is 478 g/mol. The standard InChI is InChI=1S/C21H27N5O6S/c1-12-17(20(32)24-11-9-16(29)30)33-21(26(12)2)25-19(31)14-7-5-13(6-8-14)18(22)23-10-3-4-15(27)28/h5-8,12,17H,3-4,9-11H2,1-2H3,(H2,22,23)(H,24,32)(H,27,28)(H,29,30). The zero-order valence-corrected chi connectivity index (χ0v) is 19.2. The van der Waals surface area contributed by atoms with Crippen molar-refractivity contribution in [3.8, 4) is 0 Å². The van der Waals surface area contributed by atoms with Crippen molar-refractivity contribution in [1.29, 1.82) is 0 Å². The van der Waals surface area contributed by atoms with Gasteiger partial charge in [0.15, 0.2) is 5.17 Å². The highest BCUT2D eigenvalue weighted by molar-refractivity contribution is 8.15. The molecule has 2 amide bonds. The van der Waals surface area contributed by atoms with Crippen molar-refractivity contribution in [2.45, 2.75) is 37.5 Å². The Kier molecular flexibility index (Phi) is 9.40. The van der Waals surface area contributed by atoms with E-state index in [9.17, 15) is 19.2 Å². The van der Waals surface area contributed by atoms with Gasteiger partial charge >= 0.3 is 11.9 Å². The fourth-order valence-electron chi connectivity index (χ4n) is 2.90. The number of carboxylic acid groups (broad SMARTS) is 2. The second kappa shape index (κ2) is 12.0. The van der Waals surface area contributed by atoms with Crippen LogP contribution in [0.4, 0.5) is 0 Å². The third-order valence-electron chi connectivity index (χ3n) is 4.94. The summed E-state index contributed by atoms with van der Waals surface area (Å²) in [6.07, 6.45) is 0.229. The summed E-state index contributed by atoms with van der Waals surface area (Å²) in [7, 11) is 1.74. The molecule has 33 heavy (non-hydrogen) atoms. The van der Waals surface area contributed by atoms with E-state index >= 15 is 0 Å². The number of thioether (sulfide) groups is 1. The average Bonchev–Trinajstić information content (AvgIpc) is 3.04. The number of carbonyl (C=O) groups excluding carboxylic acids is 2. The predicted molar refractivity (Wildman–Crippen MR) is 125 cm³/mol. The first-order valence-electron chi connectivity index (χ1n) is 10.2. The van der Waals surface area contributed by atoms with E-state index in [4.69, 9.17) is 15.9 Å². The molecule has 2 atom stereocenters. The Balaban J connectivity index is 2.00. The SMILES string of the molecule is CC1C(C(=O)NCCC(=O)O)SC(=NC(=O)c2ccc(C(N)=NCCCC(=O)O)cc2)N1C. The molecule has 178 valence electrons. The molecule has 0 aromatic heterocycles. The summed E-state index contributed by atoms with van der Waals surface area (Å²) >= 11 is 1.15. The zero-order valence-electron chi connectivity index (χ0n) is 18.4. The normalized spacial score (nSPS) is 19.5. The molecule has 0 aliphatic carbocycles. The van der Waals surface area contributed by atoms with Crippen LogP contribution >= 0.6 is 11.8 Å². The molecule has 1 fully saturated rings. The molecule has 0 radical (unpaired) electrons. The van der Waals surface area contributed by atoms with E-state index in [1.807, 2.05) is 6.92 Å². The summed E-state index contributed by atoms with van der Waals surface area (Å²) in [6.45, 7) is 2.15. The number of nitrogens with one attached hydrogen (secondary N) is 1. The fraction of sp³-hybridized carbons (Fsp3) is 0.429. The lowest BCUT2D eigenvalue weighted by Gasteiger charge is -2.19. The second-order valence-electron chi connectivity index (χ2n) is 7.37. The van der Waals surface area contributed by atoms with Gasteiger partial charge in [0.1, 0.15) is 11.1 Å². The van der Waals surface area contributed by atoms with Crippen molar-refractivity contribution in [2.24, 2.45) is 15.7 Å². The van der Waals surface area contributed by atoms with Gasteiger partial charge in [0.05, 0.1) is 6.42 Å². The molecule has 0 bridgehead atoms. The molecule has 2 unspecified atom stereocenters. The fourth-order valence-corrected chi connectivity index (χ4v) is 4.16. The predicted octanol–water partition coefficient (Wildman–Crippen LogP) is 0.780. The Morgan fingerprint density at radius 3 is 2.30 bits per heavy atom. The van der Waals surface area contributed by atoms with Crippen molar-refractivity contribution in [3.05, 3.63) is 35.4 Å². The number of amides is 2. The summed E-state index contributed by atoms with van der Waals surface area (Å²) in [4.78, 5) is 56.1. The highest BCUT2D eigenvalue weighted by Crippen LogP contribution is 2.31. The van der Waals surface area contributed by atoms with Crippen LogP contribution in [-0.4, -0.2) is 81.3 Å². The molecule has 1 aliphatic rings. The van der Waals surface area contributed by atoms with Crippen molar-refractivity contribution in [1.82, 2.24) is 10.2 Å². The van der Waals surface area contributed by atoms with Gasteiger partial charge in [0.2, 0.25) is 5.91 Å². The summed E-state index contributed by atoms with van der Waals surface area (Å²) < 4.78 is 0. The number of rotatable bonds is 10. The van der Waals surface area contributed by atoms with Crippen molar-refractivity contribution in [3.63, 3.8) is 0 Å². The third-order valence-corrected chi connectivity index (χ3v) is 6.39. The molecule has 5 N–H and O–H groups in total. The maximum atomic E-state index is 12.6. The maximum Gasteiger partial charge on any atom is 0.305 e. The molecule has 1 heterocycles. The van der Waals surface area contributed by atoms with Gasteiger partial charge in [-0.1, -0.05) is 23.9 Å². The van der Waals surface area contributed by atoms with Gasteiger partial charge in [-0.15, -0.1) is 0 Å². The molecule has 0 saturated carbocycles. The van der Waals surface area contributed by atoms with Crippen LogP contribution < -0.4 is 11.1 Å². The number of nitrogens with two attached hydrogens (primary N) is 1. The number of amidine groups is 2. The quantitative estimate of drug-likeness (QED) is 0.215. The number of carboxylic acids is 2. The summed E-state index contributed by atoms with van der Waals surface area (Å²) in [5.41, 5.74) is 6.85. The number of nitrogens with zero attached hydrogens (tertiary/aromatic N) is 3. The molecule has 12 heteroatoms. The van der Waals surface area contributed by atoms with Crippen molar-refractivity contribution in [2.75, 3.05) is 20.1 Å². The van der Waals surface area contributed by atoms with E-state index in [1.54, 1.807) is 36.2 Å². The minimum Gasteiger partial charge on any atom is -0.481 e.